The Labute approximate surface area is 70.4 Å². The van der Waals surface area contributed by atoms with E-state index >= 15 is 0 Å². The largest absolute Gasteiger partial charge is 0.165 e. The third kappa shape index (κ3) is 6.53. The Kier molecular flexibility index (Phi) is 5.33. The summed E-state index contributed by atoms with van der Waals surface area (Å²) in [4.78, 5) is 0. The Bertz CT molecular complexity index is 71.3. The third-order valence-corrected chi connectivity index (χ3v) is 2.27. The van der Waals surface area contributed by atoms with Crippen LogP contribution in [-0.2, 0) is 0 Å². The predicted molar refractivity (Wildman–Crippen MR) is 53.0 cm³/mol. The van der Waals surface area contributed by atoms with Crippen LogP contribution in [0.25, 0.3) is 0 Å². The van der Waals surface area contributed by atoms with Crippen LogP contribution < -0.4 is 0 Å². The van der Waals surface area contributed by atoms with Crippen molar-refractivity contribution in [3.05, 3.63) is 0 Å². The third-order valence-electron chi connectivity index (χ3n) is 1.14. The van der Waals surface area contributed by atoms with Gasteiger partial charge < -0.3 is 0 Å². The van der Waals surface area contributed by atoms with Gasteiger partial charge in [-0.2, -0.15) is 11.8 Å². The molecule has 59 valence electrons. The predicted octanol–water partition coefficient (Wildman–Crippen LogP) is 3.01. The Morgan fingerprint density at radius 2 is 1.50 bits per heavy atom. The first-order valence-corrected chi connectivity index (χ1v) is 4.97. The van der Waals surface area contributed by atoms with E-state index in [1.54, 1.807) is 0 Å². The molecule has 0 saturated heterocycles. The van der Waals surface area contributed by atoms with Gasteiger partial charge in [-0.3, -0.25) is 0 Å². The number of rotatable bonds is 4. The summed E-state index contributed by atoms with van der Waals surface area (Å²) < 4.78 is 0. The Morgan fingerprint density at radius 1 is 1.00 bits per heavy atom. The van der Waals surface area contributed by atoms with E-state index in [2.05, 4.69) is 41.9 Å². The average molecular weight is 157 g/mol. The van der Waals surface area contributed by atoms with Gasteiger partial charge in [-0.1, -0.05) is 40.4 Å². The molecule has 1 radical (unpaired) electrons. The number of hydrogen-bond donors (Lipinski definition) is 0. The van der Waals surface area contributed by atoms with Crippen molar-refractivity contribution in [1.29, 1.82) is 0 Å². The molecule has 0 heterocycles. The van der Waals surface area contributed by atoms with E-state index in [-0.39, 0.29) is 0 Å². The molecule has 0 aliphatic rings. The lowest BCUT2D eigenvalue weighted by Crippen LogP contribution is -2.13. The highest BCUT2D eigenvalue weighted by molar-refractivity contribution is 8.01. The zero-order valence-corrected chi connectivity index (χ0v) is 8.53. The molecular weight excluding hydrogens is 139 g/mol. The van der Waals surface area contributed by atoms with Gasteiger partial charge in [-0.25, -0.2) is 0 Å². The molecule has 0 rings (SSSR count). The summed E-state index contributed by atoms with van der Waals surface area (Å²) in [7, 11) is 2.39. The molecule has 1 atom stereocenters. The van der Waals surface area contributed by atoms with Gasteiger partial charge >= 0.3 is 0 Å². The van der Waals surface area contributed by atoms with Gasteiger partial charge in [0.1, 0.15) is 7.28 Å². The van der Waals surface area contributed by atoms with Crippen LogP contribution in [-0.4, -0.2) is 17.7 Å². The van der Waals surface area contributed by atoms with Crippen molar-refractivity contribution in [2.75, 3.05) is 0 Å². The van der Waals surface area contributed by atoms with Gasteiger partial charge in [0.15, 0.2) is 0 Å². The molecular formula is C8H18BS. The van der Waals surface area contributed by atoms with Crippen LogP contribution in [0.1, 0.15) is 34.6 Å². The molecule has 0 aromatic rings. The minimum absolute atomic E-state index is 0.708. The zero-order valence-electron chi connectivity index (χ0n) is 7.72. The first kappa shape index (κ1) is 10.4. The van der Waals surface area contributed by atoms with Crippen LogP contribution >= 0.6 is 11.8 Å². The molecule has 2 heteroatoms. The topological polar surface area (TPSA) is 0 Å². The molecule has 0 saturated carbocycles. The maximum absolute atomic E-state index is 2.39. The first-order chi connectivity index (χ1) is 4.52. The van der Waals surface area contributed by atoms with Crippen molar-refractivity contribution in [3.63, 3.8) is 0 Å². The van der Waals surface area contributed by atoms with Crippen LogP contribution in [0.15, 0.2) is 0 Å². The standard InChI is InChI=1S/C8H18BS/c1-6(2)9-8(5)10-7(3)4/h6-8H,1-5H3. The van der Waals surface area contributed by atoms with Gasteiger partial charge in [0.05, 0.1) is 0 Å². The molecule has 0 aliphatic heterocycles. The summed E-state index contributed by atoms with van der Waals surface area (Å²) >= 11 is 2.03. The van der Waals surface area contributed by atoms with Crippen LogP contribution in [0, 0.1) is 0 Å². The second-order valence-electron chi connectivity index (χ2n) is 3.33. The summed E-state index contributed by atoms with van der Waals surface area (Å²) in [5, 5.41) is 1.46. The maximum atomic E-state index is 2.39. The van der Waals surface area contributed by atoms with Crippen molar-refractivity contribution in [2.45, 2.75) is 50.8 Å². The molecule has 0 bridgehead atoms. The van der Waals surface area contributed by atoms with Crippen molar-refractivity contribution in [3.8, 4) is 0 Å². The Hall–Kier alpha value is 0.415. The van der Waals surface area contributed by atoms with Crippen LogP contribution in [0.2, 0.25) is 5.82 Å². The van der Waals surface area contributed by atoms with Crippen LogP contribution in [0.3, 0.4) is 0 Å². The summed E-state index contributed by atoms with van der Waals surface area (Å²) in [6.07, 6.45) is 0. The quantitative estimate of drug-likeness (QED) is 0.565. The van der Waals surface area contributed by atoms with Gasteiger partial charge in [0.2, 0.25) is 0 Å². The highest BCUT2D eigenvalue weighted by atomic mass is 32.2. The minimum atomic E-state index is 0.708. The molecule has 0 spiro atoms. The van der Waals surface area contributed by atoms with E-state index in [1.807, 2.05) is 11.8 Å². The zero-order chi connectivity index (χ0) is 8.15. The number of hydrogen-bond acceptors (Lipinski definition) is 1. The molecule has 10 heavy (non-hydrogen) atoms. The van der Waals surface area contributed by atoms with E-state index in [0.29, 0.717) is 5.15 Å². The van der Waals surface area contributed by atoms with Crippen molar-refractivity contribution in [1.82, 2.24) is 0 Å². The summed E-state index contributed by atoms with van der Waals surface area (Å²) in [5.74, 6) is 0.723. The van der Waals surface area contributed by atoms with Crippen molar-refractivity contribution < 1.29 is 0 Å². The van der Waals surface area contributed by atoms with E-state index in [0.717, 1.165) is 11.1 Å². The van der Waals surface area contributed by atoms with Gasteiger partial charge in [0, 0.05) is 0 Å². The van der Waals surface area contributed by atoms with Crippen molar-refractivity contribution in [2.24, 2.45) is 0 Å². The first-order valence-electron chi connectivity index (χ1n) is 4.02. The highest BCUT2D eigenvalue weighted by Crippen LogP contribution is 2.18. The van der Waals surface area contributed by atoms with Gasteiger partial charge in [-0.05, 0) is 10.4 Å². The fourth-order valence-corrected chi connectivity index (χ4v) is 2.28. The second kappa shape index (κ2) is 5.12. The van der Waals surface area contributed by atoms with Gasteiger partial charge in [0.25, 0.3) is 0 Å². The number of thioether (sulfide) groups is 1. The molecule has 0 aromatic heterocycles. The Balaban J connectivity index is 3.34. The lowest BCUT2D eigenvalue weighted by atomic mass is 9.64. The molecule has 0 aliphatic carbocycles. The van der Waals surface area contributed by atoms with Crippen LogP contribution in [0.5, 0.6) is 0 Å². The smallest absolute Gasteiger partial charge is 0.130 e. The van der Waals surface area contributed by atoms with E-state index in [1.165, 1.54) is 0 Å². The van der Waals surface area contributed by atoms with Crippen molar-refractivity contribution >= 4 is 19.0 Å². The SMILES string of the molecule is CC(C)[B]C(C)SC(C)C. The highest BCUT2D eigenvalue weighted by Gasteiger charge is 2.08. The monoisotopic (exact) mass is 157 g/mol. The van der Waals surface area contributed by atoms with E-state index in [4.69, 9.17) is 0 Å². The molecule has 0 N–H and O–H groups in total. The molecule has 1 unspecified atom stereocenters. The summed E-state index contributed by atoms with van der Waals surface area (Å²) in [6, 6.07) is 0. The molecule has 0 fully saturated rings. The van der Waals surface area contributed by atoms with Crippen LogP contribution in [0.4, 0.5) is 0 Å². The molecule has 0 amide bonds. The maximum Gasteiger partial charge on any atom is 0.130 e. The van der Waals surface area contributed by atoms with E-state index in [9.17, 15) is 0 Å². The summed E-state index contributed by atoms with van der Waals surface area (Å²) in [6.45, 7) is 11.2. The lowest BCUT2D eigenvalue weighted by molar-refractivity contribution is 1.04. The average Bonchev–Trinajstić information content (AvgIpc) is 1.58. The Morgan fingerprint density at radius 3 is 1.80 bits per heavy atom. The molecule has 0 nitrogen and oxygen atoms in total. The lowest BCUT2D eigenvalue weighted by Gasteiger charge is -2.14. The van der Waals surface area contributed by atoms with Gasteiger partial charge in [-0.15, -0.1) is 0 Å². The fraction of sp³-hybridized carbons (Fsp3) is 1.00. The summed E-state index contributed by atoms with van der Waals surface area (Å²) in [5.41, 5.74) is 0. The van der Waals surface area contributed by atoms with E-state index < -0.39 is 0 Å². The molecule has 0 aromatic carbocycles. The fourth-order valence-electron chi connectivity index (χ4n) is 1.02. The normalized spacial score (nSPS) is 14.3. The minimum Gasteiger partial charge on any atom is -0.165 e. The second-order valence-corrected chi connectivity index (χ2v) is 5.28.